The van der Waals surface area contributed by atoms with Crippen LogP contribution in [0.2, 0.25) is 0 Å². The Hall–Kier alpha value is -3.59. The summed E-state index contributed by atoms with van der Waals surface area (Å²) in [5.74, 6) is 0.431. The van der Waals surface area contributed by atoms with Crippen molar-refractivity contribution in [3.05, 3.63) is 89.1 Å². The minimum atomic E-state index is -0.381. The van der Waals surface area contributed by atoms with Crippen LogP contribution in [0.15, 0.2) is 60.9 Å². The van der Waals surface area contributed by atoms with Gasteiger partial charge in [-0.1, -0.05) is 32.0 Å². The maximum Gasteiger partial charge on any atom is 0.134 e. The molecule has 39 heavy (non-hydrogen) atoms. The highest BCUT2D eigenvalue weighted by molar-refractivity contribution is 5.83. The number of pyridine rings is 1. The number of aliphatic hydroxyl groups excluding tert-OH is 2. The monoisotopic (exact) mass is 530 g/mol. The third-order valence-electron chi connectivity index (χ3n) is 7.25. The lowest BCUT2D eigenvalue weighted by molar-refractivity contribution is 0.163. The number of fused-ring (bicyclic) bond motifs is 1. The highest BCUT2D eigenvalue weighted by atomic mass is 19.1. The largest absolute Gasteiger partial charge is 0.489 e. The van der Waals surface area contributed by atoms with Crippen LogP contribution in [0.3, 0.4) is 0 Å². The zero-order valence-electron chi connectivity index (χ0n) is 22.5. The average Bonchev–Trinajstić information content (AvgIpc) is 3.31. The molecule has 204 valence electrons. The lowest BCUT2D eigenvalue weighted by atomic mass is 9.94. The average molecular weight is 531 g/mol. The van der Waals surface area contributed by atoms with Crippen molar-refractivity contribution in [2.75, 3.05) is 26.3 Å². The number of rotatable bonds is 10. The van der Waals surface area contributed by atoms with Gasteiger partial charge in [-0.25, -0.2) is 4.39 Å². The summed E-state index contributed by atoms with van der Waals surface area (Å²) in [6.45, 7) is 7.32. The molecule has 8 heteroatoms. The van der Waals surface area contributed by atoms with Crippen LogP contribution in [-0.4, -0.2) is 56.2 Å². The molecule has 0 spiro atoms. The van der Waals surface area contributed by atoms with Gasteiger partial charge < -0.3 is 14.9 Å². The lowest BCUT2D eigenvalue weighted by Gasteiger charge is -2.27. The molecule has 0 aliphatic carbocycles. The summed E-state index contributed by atoms with van der Waals surface area (Å²) in [5.41, 5.74) is 7.04. The second kappa shape index (κ2) is 12.1. The smallest absolute Gasteiger partial charge is 0.134 e. The van der Waals surface area contributed by atoms with E-state index in [1.165, 1.54) is 11.6 Å². The Labute approximate surface area is 228 Å². The van der Waals surface area contributed by atoms with Crippen molar-refractivity contribution in [3.63, 3.8) is 0 Å². The van der Waals surface area contributed by atoms with E-state index in [0.29, 0.717) is 55.6 Å². The van der Waals surface area contributed by atoms with Crippen molar-refractivity contribution < 1.29 is 19.3 Å². The summed E-state index contributed by atoms with van der Waals surface area (Å²) in [5, 5.41) is 23.8. The Balaban J connectivity index is 1.44. The van der Waals surface area contributed by atoms with Gasteiger partial charge in [0.1, 0.15) is 23.9 Å². The molecule has 1 aliphatic heterocycles. The number of ether oxygens (including phenoxy) is 1. The van der Waals surface area contributed by atoms with Crippen LogP contribution in [-0.2, 0) is 26.1 Å². The van der Waals surface area contributed by atoms with Gasteiger partial charge in [0.2, 0.25) is 0 Å². The summed E-state index contributed by atoms with van der Waals surface area (Å²) in [6, 6.07) is 14.9. The molecule has 0 amide bonds. The molecule has 5 rings (SSSR count). The number of aromatic nitrogens is 3. The van der Waals surface area contributed by atoms with E-state index in [4.69, 9.17) is 9.84 Å². The van der Waals surface area contributed by atoms with Gasteiger partial charge in [0.05, 0.1) is 18.8 Å². The molecule has 0 bridgehead atoms. The van der Waals surface area contributed by atoms with Gasteiger partial charge in [-0.3, -0.25) is 14.6 Å². The first-order valence-electron chi connectivity index (χ1n) is 13.5. The van der Waals surface area contributed by atoms with Crippen LogP contribution in [0.1, 0.15) is 42.1 Å². The second-order valence-corrected chi connectivity index (χ2v) is 10.2. The van der Waals surface area contributed by atoms with E-state index < -0.39 is 0 Å². The van der Waals surface area contributed by atoms with Crippen molar-refractivity contribution in [2.45, 2.75) is 45.9 Å². The Kier molecular flexibility index (Phi) is 8.35. The molecule has 2 aromatic carbocycles. The predicted molar refractivity (Wildman–Crippen MR) is 149 cm³/mol. The minimum Gasteiger partial charge on any atom is -0.489 e. The number of β-amino-alcohol motifs (C(OH)–C–C–N with tert-alkyl or cyclic N) is 1. The number of halogens is 1. The van der Waals surface area contributed by atoms with E-state index in [9.17, 15) is 10.2 Å². The van der Waals surface area contributed by atoms with Crippen LogP contribution >= 0.6 is 0 Å². The Morgan fingerprint density at radius 1 is 1.00 bits per heavy atom. The predicted octanol–water partition coefficient (Wildman–Crippen LogP) is 4.80. The molecule has 3 heterocycles. The first-order valence-corrected chi connectivity index (χ1v) is 13.5. The van der Waals surface area contributed by atoms with Gasteiger partial charge in [-0.15, -0.1) is 0 Å². The van der Waals surface area contributed by atoms with E-state index in [1.807, 2.05) is 22.9 Å². The minimum absolute atomic E-state index is 0.0722. The van der Waals surface area contributed by atoms with Crippen LogP contribution in [0.25, 0.3) is 22.4 Å². The molecule has 0 saturated heterocycles. The molecule has 2 aromatic heterocycles. The van der Waals surface area contributed by atoms with Crippen LogP contribution in [0.5, 0.6) is 5.75 Å². The normalized spacial score (nSPS) is 13.6. The summed E-state index contributed by atoms with van der Waals surface area (Å²) < 4.78 is 23.7. The molecule has 0 radical (unpaired) electrons. The zero-order chi connectivity index (χ0) is 27.4. The first kappa shape index (κ1) is 27.0. The molecule has 1 aliphatic rings. The van der Waals surface area contributed by atoms with Crippen molar-refractivity contribution in [1.82, 2.24) is 19.7 Å². The van der Waals surface area contributed by atoms with Crippen molar-refractivity contribution in [2.24, 2.45) is 0 Å². The first-order chi connectivity index (χ1) is 19.0. The molecule has 0 unspecified atom stereocenters. The number of hydrogen-bond donors (Lipinski definition) is 2. The van der Waals surface area contributed by atoms with Gasteiger partial charge in [0.25, 0.3) is 0 Å². The fraction of sp³-hybridized carbons (Fsp3) is 0.355. The van der Waals surface area contributed by atoms with Gasteiger partial charge >= 0.3 is 0 Å². The van der Waals surface area contributed by atoms with E-state index in [2.05, 4.69) is 35.9 Å². The SMILES string of the molecule is CC(C)c1ccc(COc2ccc(-c3c(-c4ccncc4)nn4c3CN(CCO)CC4)c(F)c2)cc1CCO. The number of hydrogen-bond acceptors (Lipinski definition) is 6. The molecule has 0 atom stereocenters. The van der Waals surface area contributed by atoms with Crippen LogP contribution in [0, 0.1) is 5.82 Å². The molecule has 4 aromatic rings. The van der Waals surface area contributed by atoms with E-state index in [1.54, 1.807) is 24.5 Å². The van der Waals surface area contributed by atoms with Gasteiger partial charge in [0, 0.05) is 61.4 Å². The maximum atomic E-state index is 15.7. The molecular weight excluding hydrogens is 495 g/mol. The highest BCUT2D eigenvalue weighted by Gasteiger charge is 2.27. The third kappa shape index (κ3) is 5.88. The number of benzene rings is 2. The number of aliphatic hydroxyl groups is 2. The summed E-state index contributed by atoms with van der Waals surface area (Å²) in [4.78, 5) is 6.28. The summed E-state index contributed by atoms with van der Waals surface area (Å²) in [7, 11) is 0. The Morgan fingerprint density at radius 3 is 2.54 bits per heavy atom. The second-order valence-electron chi connectivity index (χ2n) is 10.2. The topological polar surface area (TPSA) is 83.6 Å². The van der Waals surface area contributed by atoms with E-state index in [-0.39, 0.29) is 19.0 Å². The molecule has 0 fully saturated rings. The zero-order valence-corrected chi connectivity index (χ0v) is 22.5. The molecule has 2 N–H and O–H groups in total. The Morgan fingerprint density at radius 2 is 1.82 bits per heavy atom. The van der Waals surface area contributed by atoms with Crippen molar-refractivity contribution in [3.8, 4) is 28.1 Å². The Bertz CT molecular complexity index is 1420. The molecular formula is C31H35FN4O3. The van der Waals surface area contributed by atoms with Crippen molar-refractivity contribution >= 4 is 0 Å². The summed E-state index contributed by atoms with van der Waals surface area (Å²) >= 11 is 0. The number of nitrogens with zero attached hydrogens (tertiary/aromatic N) is 4. The van der Waals surface area contributed by atoms with Crippen LogP contribution < -0.4 is 4.74 Å². The molecule has 7 nitrogen and oxygen atoms in total. The quantitative estimate of drug-likeness (QED) is 0.307. The van der Waals surface area contributed by atoms with Gasteiger partial charge in [0.15, 0.2) is 0 Å². The highest BCUT2D eigenvalue weighted by Crippen LogP contribution is 2.38. The third-order valence-corrected chi connectivity index (χ3v) is 7.25. The molecule has 0 saturated carbocycles. The van der Waals surface area contributed by atoms with E-state index in [0.717, 1.165) is 34.5 Å². The van der Waals surface area contributed by atoms with Crippen molar-refractivity contribution in [1.29, 1.82) is 0 Å². The fourth-order valence-corrected chi connectivity index (χ4v) is 5.30. The van der Waals surface area contributed by atoms with Gasteiger partial charge in [-0.2, -0.15) is 5.10 Å². The summed E-state index contributed by atoms with van der Waals surface area (Å²) in [6.07, 6.45) is 4.02. The van der Waals surface area contributed by atoms with Gasteiger partial charge in [-0.05, 0) is 53.3 Å². The van der Waals surface area contributed by atoms with E-state index >= 15 is 4.39 Å². The fourth-order valence-electron chi connectivity index (χ4n) is 5.30. The van der Waals surface area contributed by atoms with Crippen LogP contribution in [0.4, 0.5) is 4.39 Å². The lowest BCUT2D eigenvalue weighted by Crippen LogP contribution is -2.35. The standard InChI is InChI=1S/C31H35FN4O3/c1-21(2)26-5-3-22(17-24(26)9-15-37)20-39-25-4-6-27(28(32)18-25)30-29-19-35(14-16-38)12-13-36(29)34-31(30)23-7-10-33-11-8-23/h3-8,10-11,17-18,21,37-38H,9,12-16,19-20H2,1-2H3. The maximum absolute atomic E-state index is 15.7.